The Kier molecular flexibility index (Phi) is 5.86. The van der Waals surface area contributed by atoms with Gasteiger partial charge in [0.05, 0.1) is 17.0 Å². The van der Waals surface area contributed by atoms with E-state index in [0.29, 0.717) is 17.3 Å². The fourth-order valence-corrected chi connectivity index (χ4v) is 3.79. The van der Waals surface area contributed by atoms with Crippen LogP contribution in [0, 0.1) is 13.8 Å². The Morgan fingerprint density at radius 1 is 1.14 bits per heavy atom. The second kappa shape index (κ2) is 8.18. The first kappa shape index (κ1) is 20.8. The largest absolute Gasteiger partial charge is 0.444 e. The monoisotopic (exact) mass is 413 g/mol. The zero-order valence-electron chi connectivity index (χ0n) is 16.8. The molecule has 1 N–H and O–H groups in total. The average Bonchev–Trinajstić information content (AvgIpc) is 3.14. The van der Waals surface area contributed by atoms with E-state index in [1.54, 1.807) is 6.07 Å². The summed E-state index contributed by atoms with van der Waals surface area (Å²) in [5, 5.41) is 2.80. The van der Waals surface area contributed by atoms with E-state index in [2.05, 4.69) is 10.3 Å². The molecule has 0 aliphatic rings. The fraction of sp³-hybridized carbons (Fsp3) is 0.238. The number of aryl methyl sites for hydroxylation is 1. The van der Waals surface area contributed by atoms with Gasteiger partial charge in [0.1, 0.15) is 6.26 Å². The van der Waals surface area contributed by atoms with E-state index < -0.39 is 10.0 Å². The van der Waals surface area contributed by atoms with Gasteiger partial charge in [0.15, 0.2) is 0 Å². The van der Waals surface area contributed by atoms with Crippen LogP contribution in [0.3, 0.4) is 0 Å². The summed E-state index contributed by atoms with van der Waals surface area (Å²) in [5.74, 6) is 0.138. The number of aromatic nitrogens is 1. The average molecular weight is 413 g/mol. The summed E-state index contributed by atoms with van der Waals surface area (Å²) in [4.78, 5) is 17.0. The summed E-state index contributed by atoms with van der Waals surface area (Å²) in [7, 11) is -0.666. The van der Waals surface area contributed by atoms with Crippen molar-refractivity contribution in [2.45, 2.75) is 25.2 Å². The molecular formula is C21H23N3O4S. The molecule has 0 aliphatic carbocycles. The summed E-state index contributed by atoms with van der Waals surface area (Å²) < 4.78 is 31.5. The number of nitrogens with zero attached hydrogens (tertiary/aromatic N) is 2. The second-order valence-corrected chi connectivity index (χ2v) is 9.09. The van der Waals surface area contributed by atoms with E-state index in [1.807, 2.05) is 44.2 Å². The minimum absolute atomic E-state index is 0.0134. The lowest BCUT2D eigenvalue weighted by molar-refractivity contribution is -0.115. The van der Waals surface area contributed by atoms with Crippen LogP contribution in [0.25, 0.3) is 11.5 Å². The highest BCUT2D eigenvalue weighted by atomic mass is 32.2. The minimum Gasteiger partial charge on any atom is -0.444 e. The Morgan fingerprint density at radius 3 is 2.48 bits per heavy atom. The van der Waals surface area contributed by atoms with Crippen LogP contribution in [-0.4, -0.2) is 37.7 Å². The molecule has 7 nitrogen and oxygen atoms in total. The molecule has 0 atom stereocenters. The van der Waals surface area contributed by atoms with E-state index in [1.165, 1.54) is 26.4 Å². The first-order valence-corrected chi connectivity index (χ1v) is 10.5. The van der Waals surface area contributed by atoms with Crippen molar-refractivity contribution in [2.75, 3.05) is 19.4 Å². The lowest BCUT2D eigenvalue weighted by Gasteiger charge is -2.16. The highest BCUT2D eigenvalue weighted by Gasteiger charge is 2.20. The summed E-state index contributed by atoms with van der Waals surface area (Å²) in [6, 6.07) is 12.5. The number of benzene rings is 2. The van der Waals surface area contributed by atoms with Gasteiger partial charge >= 0.3 is 0 Å². The fourth-order valence-electron chi connectivity index (χ4n) is 2.78. The van der Waals surface area contributed by atoms with Crippen LogP contribution in [0.2, 0.25) is 0 Å². The van der Waals surface area contributed by atoms with Crippen LogP contribution in [0.1, 0.15) is 16.8 Å². The van der Waals surface area contributed by atoms with Crippen molar-refractivity contribution < 1.29 is 17.6 Å². The van der Waals surface area contributed by atoms with Gasteiger partial charge in [-0.3, -0.25) is 4.79 Å². The Bertz CT molecular complexity index is 1140. The molecule has 1 amide bonds. The quantitative estimate of drug-likeness (QED) is 0.669. The van der Waals surface area contributed by atoms with Crippen molar-refractivity contribution in [3.8, 4) is 11.5 Å². The molecule has 0 spiro atoms. The maximum Gasteiger partial charge on any atom is 0.242 e. The molecule has 152 valence electrons. The van der Waals surface area contributed by atoms with Gasteiger partial charge < -0.3 is 9.73 Å². The highest BCUT2D eigenvalue weighted by Crippen LogP contribution is 2.26. The third-order valence-corrected chi connectivity index (χ3v) is 6.40. The van der Waals surface area contributed by atoms with Gasteiger partial charge in [0.25, 0.3) is 0 Å². The van der Waals surface area contributed by atoms with Crippen LogP contribution in [-0.2, 0) is 21.2 Å². The van der Waals surface area contributed by atoms with Gasteiger partial charge in [-0.2, -0.15) is 0 Å². The van der Waals surface area contributed by atoms with Crippen LogP contribution < -0.4 is 5.32 Å². The molecule has 0 radical (unpaired) electrons. The topological polar surface area (TPSA) is 92.5 Å². The van der Waals surface area contributed by atoms with Crippen molar-refractivity contribution in [1.29, 1.82) is 0 Å². The van der Waals surface area contributed by atoms with Crippen molar-refractivity contribution in [2.24, 2.45) is 0 Å². The van der Waals surface area contributed by atoms with Crippen molar-refractivity contribution in [3.63, 3.8) is 0 Å². The lowest BCUT2D eigenvalue weighted by Crippen LogP contribution is -2.23. The number of hydrogen-bond acceptors (Lipinski definition) is 5. The Labute approximate surface area is 170 Å². The summed E-state index contributed by atoms with van der Waals surface area (Å²) >= 11 is 0. The van der Waals surface area contributed by atoms with Gasteiger partial charge in [0, 0.05) is 25.3 Å². The number of anilines is 1. The van der Waals surface area contributed by atoms with E-state index in [9.17, 15) is 13.2 Å². The molecule has 2 aromatic carbocycles. The Morgan fingerprint density at radius 2 is 1.83 bits per heavy atom. The first-order valence-electron chi connectivity index (χ1n) is 9.02. The first-order chi connectivity index (χ1) is 13.7. The number of carbonyl (C=O) groups is 1. The Hall–Kier alpha value is -2.97. The lowest BCUT2D eigenvalue weighted by atomic mass is 10.1. The molecule has 8 heteroatoms. The molecule has 0 saturated heterocycles. The van der Waals surface area contributed by atoms with E-state index in [0.717, 1.165) is 21.0 Å². The van der Waals surface area contributed by atoms with Gasteiger partial charge in [-0.15, -0.1) is 0 Å². The second-order valence-electron chi connectivity index (χ2n) is 6.94. The van der Waals surface area contributed by atoms with Gasteiger partial charge in [0.2, 0.25) is 21.8 Å². The molecule has 29 heavy (non-hydrogen) atoms. The number of amides is 1. The number of carbonyl (C=O) groups excluding carboxylic acids is 1. The molecule has 0 aliphatic heterocycles. The molecule has 1 heterocycles. The van der Waals surface area contributed by atoms with Crippen molar-refractivity contribution >= 4 is 21.6 Å². The number of oxazole rings is 1. The van der Waals surface area contributed by atoms with Gasteiger partial charge in [-0.1, -0.05) is 18.2 Å². The predicted molar refractivity (Wildman–Crippen MR) is 111 cm³/mol. The zero-order valence-corrected chi connectivity index (χ0v) is 17.6. The number of hydrogen-bond donors (Lipinski definition) is 1. The van der Waals surface area contributed by atoms with Crippen molar-refractivity contribution in [1.82, 2.24) is 9.29 Å². The summed E-state index contributed by atoms with van der Waals surface area (Å²) in [6.45, 7) is 3.64. The van der Waals surface area contributed by atoms with E-state index in [4.69, 9.17) is 4.42 Å². The minimum atomic E-state index is -3.61. The number of rotatable bonds is 6. The smallest absolute Gasteiger partial charge is 0.242 e. The van der Waals surface area contributed by atoms with Gasteiger partial charge in [-0.25, -0.2) is 17.7 Å². The highest BCUT2D eigenvalue weighted by molar-refractivity contribution is 7.89. The van der Waals surface area contributed by atoms with E-state index >= 15 is 0 Å². The maximum absolute atomic E-state index is 12.5. The standard InChI is InChI=1S/C21H23N3O4S/c1-14-10-18(29(26,27)24(3)4)12-19(15(14)2)23-20(25)11-17-13-28-21(22-17)16-8-6-5-7-9-16/h5-10,12-13H,11H2,1-4H3,(H,23,25). The molecule has 3 rings (SSSR count). The van der Waals surface area contributed by atoms with E-state index in [-0.39, 0.29) is 17.2 Å². The molecule has 3 aromatic rings. The van der Waals surface area contributed by atoms with Crippen LogP contribution in [0.4, 0.5) is 5.69 Å². The molecular weight excluding hydrogens is 390 g/mol. The van der Waals surface area contributed by atoms with Gasteiger partial charge in [-0.05, 0) is 49.2 Å². The molecule has 0 bridgehead atoms. The van der Waals surface area contributed by atoms with Crippen molar-refractivity contribution in [3.05, 3.63) is 65.5 Å². The molecule has 0 saturated carbocycles. The number of nitrogens with one attached hydrogen (secondary N) is 1. The summed E-state index contributed by atoms with van der Waals surface area (Å²) in [5.41, 5.74) is 3.36. The maximum atomic E-state index is 12.5. The molecule has 0 fully saturated rings. The Balaban J connectivity index is 1.79. The SMILES string of the molecule is Cc1cc(S(=O)(=O)N(C)C)cc(NC(=O)Cc2coc(-c3ccccc3)n2)c1C. The van der Waals surface area contributed by atoms with Crippen LogP contribution >= 0.6 is 0 Å². The third-order valence-electron chi connectivity index (χ3n) is 4.61. The third kappa shape index (κ3) is 4.55. The molecule has 1 aromatic heterocycles. The number of sulfonamides is 1. The van der Waals surface area contributed by atoms with Crippen LogP contribution in [0.5, 0.6) is 0 Å². The van der Waals surface area contributed by atoms with Crippen LogP contribution in [0.15, 0.2) is 58.0 Å². The predicted octanol–water partition coefficient (Wildman–Crippen LogP) is 3.39. The normalized spacial score (nSPS) is 11.6. The molecule has 0 unspecified atom stereocenters. The zero-order chi connectivity index (χ0) is 21.2. The summed E-state index contributed by atoms with van der Waals surface area (Å²) in [6.07, 6.45) is 1.46.